The van der Waals surface area contributed by atoms with Gasteiger partial charge in [0.05, 0.1) is 12.8 Å². The predicted molar refractivity (Wildman–Crippen MR) is 76.3 cm³/mol. The highest BCUT2D eigenvalue weighted by Gasteiger charge is 2.11. The normalized spacial score (nSPS) is 10.8. The van der Waals surface area contributed by atoms with Crippen LogP contribution in [0.5, 0.6) is 5.88 Å². The van der Waals surface area contributed by atoms with Crippen molar-refractivity contribution < 1.29 is 4.74 Å². The van der Waals surface area contributed by atoms with Gasteiger partial charge in [0.2, 0.25) is 11.8 Å². The van der Waals surface area contributed by atoms with Gasteiger partial charge in [0, 0.05) is 0 Å². The standard InChI is InChI=1S/C12H17N5OS/c1-3-4-5-6-18-11-9-10(16-12(13)17-11)14-7-8(15-9)19-2/h7H,3-6H2,1-2H3,(H2,13,14,16,17). The van der Waals surface area contributed by atoms with Gasteiger partial charge in [-0.1, -0.05) is 19.8 Å². The number of ether oxygens (including phenoxy) is 1. The van der Waals surface area contributed by atoms with Gasteiger partial charge in [-0.05, 0) is 12.7 Å². The molecule has 2 rings (SSSR count). The molecule has 7 heteroatoms. The summed E-state index contributed by atoms with van der Waals surface area (Å²) >= 11 is 1.51. The monoisotopic (exact) mass is 279 g/mol. The van der Waals surface area contributed by atoms with Crippen LogP contribution in [0.1, 0.15) is 26.2 Å². The van der Waals surface area contributed by atoms with Crippen molar-refractivity contribution in [3.8, 4) is 5.88 Å². The Hall–Kier alpha value is -1.63. The van der Waals surface area contributed by atoms with Crippen LogP contribution < -0.4 is 10.5 Å². The molecule has 19 heavy (non-hydrogen) atoms. The Labute approximate surface area is 116 Å². The predicted octanol–water partition coefficient (Wildman–Crippen LogP) is 2.29. The lowest BCUT2D eigenvalue weighted by atomic mass is 10.3. The number of hydrogen-bond donors (Lipinski definition) is 1. The van der Waals surface area contributed by atoms with Crippen LogP contribution in [0.15, 0.2) is 11.2 Å². The van der Waals surface area contributed by atoms with Crippen molar-refractivity contribution >= 4 is 28.9 Å². The third-order valence-corrected chi connectivity index (χ3v) is 3.18. The average Bonchev–Trinajstić information content (AvgIpc) is 2.43. The number of aromatic nitrogens is 4. The number of fused-ring (bicyclic) bond motifs is 1. The molecule has 0 bridgehead atoms. The first-order valence-corrected chi connectivity index (χ1v) is 7.44. The molecule has 0 saturated carbocycles. The van der Waals surface area contributed by atoms with E-state index >= 15 is 0 Å². The molecular weight excluding hydrogens is 262 g/mol. The van der Waals surface area contributed by atoms with Crippen LogP contribution in [0.2, 0.25) is 0 Å². The molecule has 0 saturated heterocycles. The smallest absolute Gasteiger partial charge is 0.247 e. The number of thioether (sulfide) groups is 1. The van der Waals surface area contributed by atoms with E-state index in [1.165, 1.54) is 11.8 Å². The highest BCUT2D eigenvalue weighted by atomic mass is 32.2. The molecule has 0 unspecified atom stereocenters. The summed E-state index contributed by atoms with van der Waals surface area (Å²) < 4.78 is 5.66. The lowest BCUT2D eigenvalue weighted by Crippen LogP contribution is -2.05. The number of anilines is 1. The van der Waals surface area contributed by atoms with Crippen molar-refractivity contribution in [2.45, 2.75) is 31.2 Å². The zero-order valence-electron chi connectivity index (χ0n) is 11.1. The Kier molecular flexibility index (Phi) is 4.73. The van der Waals surface area contributed by atoms with Gasteiger partial charge < -0.3 is 10.5 Å². The van der Waals surface area contributed by atoms with Crippen molar-refractivity contribution in [3.05, 3.63) is 6.20 Å². The molecule has 2 N–H and O–H groups in total. The molecule has 0 atom stereocenters. The van der Waals surface area contributed by atoms with Gasteiger partial charge in [-0.15, -0.1) is 11.8 Å². The fraction of sp³-hybridized carbons (Fsp3) is 0.500. The van der Waals surface area contributed by atoms with Gasteiger partial charge in [0.25, 0.3) is 0 Å². The number of hydrogen-bond acceptors (Lipinski definition) is 7. The fourth-order valence-corrected chi connectivity index (χ4v) is 1.94. The quantitative estimate of drug-likeness (QED) is 0.641. The van der Waals surface area contributed by atoms with E-state index in [2.05, 4.69) is 26.9 Å². The number of nitrogen functional groups attached to an aromatic ring is 1. The second-order valence-corrected chi connectivity index (χ2v) is 4.85. The summed E-state index contributed by atoms with van der Waals surface area (Å²) in [5.74, 6) is 0.575. The van der Waals surface area contributed by atoms with Gasteiger partial charge in [-0.3, -0.25) is 0 Å². The lowest BCUT2D eigenvalue weighted by Gasteiger charge is -2.08. The minimum atomic E-state index is 0.157. The molecule has 0 radical (unpaired) electrons. The van der Waals surface area contributed by atoms with Crippen LogP contribution in [-0.4, -0.2) is 32.8 Å². The summed E-state index contributed by atoms with van der Waals surface area (Å²) in [4.78, 5) is 16.8. The Bertz CT molecular complexity index is 563. The van der Waals surface area contributed by atoms with Gasteiger partial charge in [0.15, 0.2) is 11.2 Å². The summed E-state index contributed by atoms with van der Waals surface area (Å²) in [6.07, 6.45) is 6.86. The number of rotatable bonds is 6. The molecule has 0 spiro atoms. The van der Waals surface area contributed by atoms with Gasteiger partial charge in [-0.25, -0.2) is 9.97 Å². The van der Waals surface area contributed by atoms with Crippen LogP contribution in [-0.2, 0) is 0 Å². The maximum Gasteiger partial charge on any atom is 0.247 e. The summed E-state index contributed by atoms with van der Waals surface area (Å²) in [6.45, 7) is 2.75. The largest absolute Gasteiger partial charge is 0.476 e. The first-order chi connectivity index (χ1) is 9.24. The van der Waals surface area contributed by atoms with Crippen molar-refractivity contribution in [1.82, 2.24) is 19.9 Å². The molecule has 2 heterocycles. The first-order valence-electron chi connectivity index (χ1n) is 6.21. The van der Waals surface area contributed by atoms with Crippen molar-refractivity contribution in [1.29, 1.82) is 0 Å². The topological polar surface area (TPSA) is 86.8 Å². The van der Waals surface area contributed by atoms with Crippen molar-refractivity contribution in [3.63, 3.8) is 0 Å². The molecule has 0 aliphatic rings. The third kappa shape index (κ3) is 3.44. The molecule has 2 aromatic rings. The van der Waals surface area contributed by atoms with E-state index in [-0.39, 0.29) is 5.95 Å². The van der Waals surface area contributed by atoms with Crippen molar-refractivity contribution in [2.75, 3.05) is 18.6 Å². The minimum absolute atomic E-state index is 0.157. The number of unbranched alkanes of at least 4 members (excludes halogenated alkanes) is 2. The van der Waals surface area contributed by atoms with E-state index < -0.39 is 0 Å². The molecule has 6 nitrogen and oxygen atoms in total. The van der Waals surface area contributed by atoms with E-state index in [1.54, 1.807) is 6.20 Å². The van der Waals surface area contributed by atoms with E-state index in [0.717, 1.165) is 24.3 Å². The van der Waals surface area contributed by atoms with Crippen molar-refractivity contribution in [2.24, 2.45) is 0 Å². The van der Waals surface area contributed by atoms with Gasteiger partial charge in [-0.2, -0.15) is 9.97 Å². The molecule has 0 aliphatic carbocycles. The van der Waals surface area contributed by atoms with Gasteiger partial charge >= 0.3 is 0 Å². The van der Waals surface area contributed by atoms with Crippen LogP contribution in [0.25, 0.3) is 11.2 Å². The number of nitrogens with two attached hydrogens (primary N) is 1. The summed E-state index contributed by atoms with van der Waals surface area (Å²) in [7, 11) is 0. The van der Waals surface area contributed by atoms with Crippen LogP contribution in [0.4, 0.5) is 5.95 Å². The van der Waals surface area contributed by atoms with E-state index in [0.29, 0.717) is 23.7 Å². The summed E-state index contributed by atoms with van der Waals surface area (Å²) in [5, 5.41) is 0.805. The average molecular weight is 279 g/mol. The third-order valence-electron chi connectivity index (χ3n) is 2.57. The molecule has 0 fully saturated rings. The fourth-order valence-electron chi connectivity index (χ4n) is 1.60. The highest BCUT2D eigenvalue weighted by Crippen LogP contribution is 2.22. The Morgan fingerprint density at radius 3 is 2.84 bits per heavy atom. The molecule has 0 aromatic carbocycles. The van der Waals surface area contributed by atoms with E-state index in [9.17, 15) is 0 Å². The molecule has 0 aliphatic heterocycles. The summed E-state index contributed by atoms with van der Waals surface area (Å²) in [6, 6.07) is 0. The maximum absolute atomic E-state index is 5.66. The Morgan fingerprint density at radius 2 is 2.11 bits per heavy atom. The zero-order valence-corrected chi connectivity index (χ0v) is 11.9. The lowest BCUT2D eigenvalue weighted by molar-refractivity contribution is 0.298. The van der Waals surface area contributed by atoms with E-state index in [1.807, 2.05) is 6.26 Å². The van der Waals surface area contributed by atoms with Crippen LogP contribution >= 0.6 is 11.8 Å². The van der Waals surface area contributed by atoms with Crippen LogP contribution in [0.3, 0.4) is 0 Å². The van der Waals surface area contributed by atoms with Crippen LogP contribution in [0, 0.1) is 0 Å². The Morgan fingerprint density at radius 1 is 1.26 bits per heavy atom. The van der Waals surface area contributed by atoms with E-state index in [4.69, 9.17) is 10.5 Å². The maximum atomic E-state index is 5.66. The second-order valence-electron chi connectivity index (χ2n) is 4.03. The SMILES string of the molecule is CCCCCOc1nc(N)nc2ncc(SC)nc12. The number of nitrogens with zero attached hydrogens (tertiary/aromatic N) is 4. The van der Waals surface area contributed by atoms with Gasteiger partial charge in [0.1, 0.15) is 5.03 Å². The second kappa shape index (κ2) is 6.51. The Balaban J connectivity index is 2.28. The minimum Gasteiger partial charge on any atom is -0.476 e. The molecule has 0 amide bonds. The zero-order chi connectivity index (χ0) is 13.7. The first kappa shape index (κ1) is 13.8. The molecule has 102 valence electrons. The molecular formula is C12H17N5OS. The summed E-state index contributed by atoms with van der Waals surface area (Å²) in [5.41, 5.74) is 6.69. The molecule has 2 aromatic heterocycles. The highest BCUT2D eigenvalue weighted by molar-refractivity contribution is 7.98.